The van der Waals surface area contributed by atoms with Crippen molar-refractivity contribution in [2.45, 2.75) is 17.1 Å². The zero-order valence-electron chi connectivity index (χ0n) is 22.5. The molecule has 1 atom stereocenters. The highest BCUT2D eigenvalue weighted by molar-refractivity contribution is 8.00. The Hall–Kier alpha value is -4.61. The van der Waals surface area contributed by atoms with E-state index in [2.05, 4.69) is 20.9 Å². The molecule has 4 rings (SSSR count). The summed E-state index contributed by atoms with van der Waals surface area (Å²) < 4.78 is 10.7. The van der Waals surface area contributed by atoms with E-state index < -0.39 is 11.8 Å². The average molecular weight is 589 g/mol. The molecule has 1 heterocycles. The molecular formula is C30H28N4O5S2. The smallest absolute Gasteiger partial charge is 0.272 e. The number of carbonyl (C=O) groups is 3. The zero-order valence-corrected chi connectivity index (χ0v) is 24.2. The van der Waals surface area contributed by atoms with Gasteiger partial charge in [-0.1, -0.05) is 18.2 Å². The first-order chi connectivity index (χ1) is 19.9. The van der Waals surface area contributed by atoms with Crippen LogP contribution in [-0.4, -0.2) is 42.2 Å². The van der Waals surface area contributed by atoms with E-state index in [1.807, 2.05) is 19.1 Å². The summed E-state index contributed by atoms with van der Waals surface area (Å²) in [6.07, 6.45) is 3.17. The lowest BCUT2D eigenvalue weighted by Crippen LogP contribution is -2.30. The molecule has 11 heteroatoms. The number of nitrogens with one attached hydrogen (secondary N) is 3. The number of nitrogens with zero attached hydrogens (tertiary/aromatic N) is 1. The summed E-state index contributed by atoms with van der Waals surface area (Å²) in [6, 6.07) is 20.9. The van der Waals surface area contributed by atoms with Crippen LogP contribution in [0.5, 0.6) is 11.5 Å². The Morgan fingerprint density at radius 2 is 1.71 bits per heavy atom. The Bertz CT molecular complexity index is 1520. The van der Waals surface area contributed by atoms with Crippen LogP contribution in [0.3, 0.4) is 0 Å². The third-order valence-corrected chi connectivity index (χ3v) is 7.53. The van der Waals surface area contributed by atoms with Crippen LogP contribution in [0, 0.1) is 0 Å². The number of ether oxygens (including phenoxy) is 2. The van der Waals surface area contributed by atoms with E-state index in [1.165, 1.54) is 30.2 Å². The minimum absolute atomic E-state index is 0.0215. The van der Waals surface area contributed by atoms with E-state index in [0.717, 1.165) is 4.90 Å². The maximum Gasteiger partial charge on any atom is 0.272 e. The molecule has 1 unspecified atom stereocenters. The van der Waals surface area contributed by atoms with Gasteiger partial charge in [-0.3, -0.25) is 14.4 Å². The van der Waals surface area contributed by atoms with Crippen molar-refractivity contribution in [1.82, 2.24) is 10.3 Å². The number of hydrogen-bond acceptors (Lipinski definition) is 8. The molecule has 0 aliphatic rings. The molecule has 0 bridgehead atoms. The van der Waals surface area contributed by atoms with E-state index in [9.17, 15) is 14.4 Å². The molecule has 0 saturated heterocycles. The van der Waals surface area contributed by atoms with Crippen LogP contribution in [0.1, 0.15) is 22.8 Å². The van der Waals surface area contributed by atoms with Gasteiger partial charge in [0.25, 0.3) is 11.8 Å². The van der Waals surface area contributed by atoms with Crippen LogP contribution in [0.2, 0.25) is 0 Å². The van der Waals surface area contributed by atoms with Crippen LogP contribution in [0.4, 0.5) is 10.8 Å². The maximum absolute atomic E-state index is 13.4. The normalized spacial score (nSPS) is 11.7. The van der Waals surface area contributed by atoms with Gasteiger partial charge in [-0.15, -0.1) is 23.1 Å². The lowest BCUT2D eigenvalue weighted by atomic mass is 10.1. The second-order valence-corrected chi connectivity index (χ2v) is 10.9. The summed E-state index contributed by atoms with van der Waals surface area (Å²) in [5, 5.41) is 10.3. The van der Waals surface area contributed by atoms with Crippen LogP contribution in [0.25, 0.3) is 6.08 Å². The summed E-state index contributed by atoms with van der Waals surface area (Å²) in [5.74, 6) is -0.0514. The maximum atomic E-state index is 13.4. The number of anilines is 2. The highest BCUT2D eigenvalue weighted by Gasteiger charge is 2.18. The fourth-order valence-electron chi connectivity index (χ4n) is 3.60. The van der Waals surface area contributed by atoms with E-state index in [-0.39, 0.29) is 16.9 Å². The molecule has 0 radical (unpaired) electrons. The summed E-state index contributed by atoms with van der Waals surface area (Å²) in [4.78, 5) is 43.7. The van der Waals surface area contributed by atoms with Crippen molar-refractivity contribution in [2.24, 2.45) is 0 Å². The van der Waals surface area contributed by atoms with Crippen molar-refractivity contribution in [1.29, 1.82) is 0 Å². The quantitative estimate of drug-likeness (QED) is 0.152. The number of methoxy groups -OCH3 is 2. The number of thioether (sulfide) groups is 1. The Balaban J connectivity index is 1.50. The molecular weight excluding hydrogens is 560 g/mol. The van der Waals surface area contributed by atoms with Gasteiger partial charge >= 0.3 is 0 Å². The van der Waals surface area contributed by atoms with Crippen molar-refractivity contribution in [2.75, 3.05) is 24.9 Å². The number of benzene rings is 3. The van der Waals surface area contributed by atoms with Gasteiger partial charge in [-0.2, -0.15) is 0 Å². The van der Waals surface area contributed by atoms with E-state index in [1.54, 1.807) is 85.4 Å². The summed E-state index contributed by atoms with van der Waals surface area (Å²) >= 11 is 2.74. The molecule has 0 fully saturated rings. The lowest BCUT2D eigenvalue weighted by molar-refractivity contribution is -0.115. The van der Waals surface area contributed by atoms with Crippen molar-refractivity contribution in [3.8, 4) is 11.5 Å². The molecule has 41 heavy (non-hydrogen) atoms. The van der Waals surface area contributed by atoms with Crippen molar-refractivity contribution < 1.29 is 23.9 Å². The molecule has 0 aliphatic carbocycles. The Morgan fingerprint density at radius 3 is 2.37 bits per heavy atom. The summed E-state index contributed by atoms with van der Waals surface area (Å²) in [6.45, 7) is 1.81. The first kappa shape index (κ1) is 29.4. The van der Waals surface area contributed by atoms with Gasteiger partial charge in [0.15, 0.2) is 5.13 Å². The van der Waals surface area contributed by atoms with Gasteiger partial charge in [0.05, 0.1) is 19.5 Å². The Kier molecular flexibility index (Phi) is 10.1. The number of rotatable bonds is 11. The SMILES string of the molecule is COc1ccc(/C=C(\NC(=O)c2ccccc2)C(=O)Nc2ccc(SC(C)C(=O)Nc3nccs3)cc2)c(OC)c1. The molecule has 0 saturated carbocycles. The third kappa shape index (κ3) is 8.19. The van der Waals surface area contributed by atoms with Crippen molar-refractivity contribution in [3.63, 3.8) is 0 Å². The van der Waals surface area contributed by atoms with Crippen molar-refractivity contribution >= 4 is 57.7 Å². The lowest BCUT2D eigenvalue weighted by Gasteiger charge is -2.14. The molecule has 0 spiro atoms. The predicted molar refractivity (Wildman–Crippen MR) is 163 cm³/mol. The fourth-order valence-corrected chi connectivity index (χ4v) is 5.00. The van der Waals surface area contributed by atoms with Gasteiger partial charge in [0.1, 0.15) is 17.2 Å². The summed E-state index contributed by atoms with van der Waals surface area (Å²) in [7, 11) is 3.06. The van der Waals surface area contributed by atoms with Crippen LogP contribution < -0.4 is 25.4 Å². The molecule has 3 aromatic carbocycles. The minimum atomic E-state index is -0.524. The van der Waals surface area contributed by atoms with Crippen LogP contribution in [-0.2, 0) is 9.59 Å². The standard InChI is InChI=1S/C30H28N4O5S2/c1-19(27(35)34-30-31-15-16-40-30)41-24-13-10-22(11-14-24)32-29(37)25(33-28(36)20-7-5-4-6-8-20)17-21-9-12-23(38-2)18-26(21)39-3/h4-19H,1-3H3,(H,32,37)(H,33,36)(H,31,34,35)/b25-17-. The predicted octanol–water partition coefficient (Wildman–Crippen LogP) is 5.69. The Morgan fingerprint density at radius 1 is 0.951 bits per heavy atom. The van der Waals surface area contributed by atoms with Gasteiger partial charge in [0, 0.05) is 39.4 Å². The van der Waals surface area contributed by atoms with Crippen LogP contribution in [0.15, 0.2) is 95.0 Å². The van der Waals surface area contributed by atoms with Gasteiger partial charge in [-0.05, 0) is 61.5 Å². The third-order valence-electron chi connectivity index (χ3n) is 5.73. The van der Waals surface area contributed by atoms with Gasteiger partial charge < -0.3 is 25.4 Å². The zero-order chi connectivity index (χ0) is 29.2. The number of aromatic nitrogens is 1. The first-order valence-electron chi connectivity index (χ1n) is 12.4. The second kappa shape index (κ2) is 14.1. The molecule has 4 aromatic rings. The topological polar surface area (TPSA) is 119 Å². The molecule has 210 valence electrons. The van der Waals surface area contributed by atoms with Gasteiger partial charge in [0.2, 0.25) is 5.91 Å². The molecule has 3 N–H and O–H groups in total. The number of carbonyl (C=O) groups excluding carboxylic acids is 3. The number of thiazole rings is 1. The van der Waals surface area contributed by atoms with E-state index in [0.29, 0.717) is 33.4 Å². The number of hydrogen-bond donors (Lipinski definition) is 3. The second-order valence-electron chi connectivity index (χ2n) is 8.55. The number of amides is 3. The summed E-state index contributed by atoms with van der Waals surface area (Å²) in [5.41, 5.74) is 1.51. The molecule has 3 amide bonds. The first-order valence-corrected chi connectivity index (χ1v) is 14.2. The molecule has 9 nitrogen and oxygen atoms in total. The molecule has 0 aliphatic heterocycles. The van der Waals surface area contributed by atoms with E-state index in [4.69, 9.17) is 9.47 Å². The fraction of sp³-hybridized carbons (Fsp3) is 0.133. The molecule has 1 aromatic heterocycles. The Labute approximate surface area is 246 Å². The minimum Gasteiger partial charge on any atom is -0.497 e. The van der Waals surface area contributed by atoms with Crippen LogP contribution >= 0.6 is 23.1 Å². The highest BCUT2D eigenvalue weighted by atomic mass is 32.2. The largest absolute Gasteiger partial charge is 0.497 e. The average Bonchev–Trinajstić information content (AvgIpc) is 3.51. The monoisotopic (exact) mass is 588 g/mol. The highest BCUT2D eigenvalue weighted by Crippen LogP contribution is 2.28. The van der Waals surface area contributed by atoms with Crippen molar-refractivity contribution in [3.05, 3.63) is 101 Å². The van der Waals surface area contributed by atoms with E-state index >= 15 is 0 Å². The van der Waals surface area contributed by atoms with Gasteiger partial charge in [-0.25, -0.2) is 4.98 Å².